The molecule has 4 heterocycles. The van der Waals surface area contributed by atoms with E-state index in [0.717, 1.165) is 34.8 Å². The van der Waals surface area contributed by atoms with E-state index in [2.05, 4.69) is 40.9 Å². The predicted octanol–water partition coefficient (Wildman–Crippen LogP) is 3.32. The number of aromatic amines is 1. The Bertz CT molecular complexity index is 1100. The Balaban J connectivity index is 1.44. The fourth-order valence-corrected chi connectivity index (χ4v) is 2.84. The minimum absolute atomic E-state index is 0.664. The van der Waals surface area contributed by atoms with Gasteiger partial charge in [0.15, 0.2) is 5.82 Å². The molecule has 0 aliphatic carbocycles. The molecule has 9 heteroatoms. The van der Waals surface area contributed by atoms with Crippen molar-refractivity contribution in [2.24, 2.45) is 0 Å². The number of hydrogen-bond acceptors (Lipinski definition) is 8. The summed E-state index contributed by atoms with van der Waals surface area (Å²) in [5, 5.41) is 17.2. The topological polar surface area (TPSA) is 114 Å². The molecule has 0 aromatic carbocycles. The zero-order valence-electron chi connectivity index (χ0n) is 16.1. The first-order valence-corrected chi connectivity index (χ1v) is 9.17. The molecule has 0 saturated heterocycles. The quantitative estimate of drug-likeness (QED) is 0.495. The number of pyridine rings is 3. The van der Waals surface area contributed by atoms with E-state index in [9.17, 15) is 0 Å². The number of nitrogens with one attached hydrogen (secondary N) is 2. The van der Waals surface area contributed by atoms with Crippen LogP contribution in [0.4, 0.5) is 11.5 Å². The highest BCUT2D eigenvalue weighted by Crippen LogP contribution is 2.26. The van der Waals surface area contributed by atoms with E-state index in [1.165, 1.54) is 0 Å². The van der Waals surface area contributed by atoms with Gasteiger partial charge < -0.3 is 10.1 Å². The number of aromatic nitrogens is 7. The van der Waals surface area contributed by atoms with Crippen LogP contribution in [0.3, 0.4) is 0 Å². The van der Waals surface area contributed by atoms with Crippen molar-refractivity contribution in [1.82, 2.24) is 35.6 Å². The molecule has 0 aliphatic heterocycles. The van der Waals surface area contributed by atoms with Crippen LogP contribution in [-0.4, -0.2) is 35.6 Å². The average Bonchev–Trinajstić information content (AvgIpc) is 3.23. The maximum atomic E-state index is 5.97. The SMILES string of the molecule is Cc1ccc(Oc2ccnc(Nc3cncc(CCc4nn[nH]n4)c3)c2)c(C)n1. The van der Waals surface area contributed by atoms with Crippen LogP contribution >= 0.6 is 0 Å². The second kappa shape index (κ2) is 8.42. The van der Waals surface area contributed by atoms with Crippen molar-refractivity contribution in [2.45, 2.75) is 26.7 Å². The van der Waals surface area contributed by atoms with Crippen LogP contribution in [0.5, 0.6) is 11.5 Å². The molecule has 0 aliphatic rings. The van der Waals surface area contributed by atoms with Crippen molar-refractivity contribution in [2.75, 3.05) is 5.32 Å². The fourth-order valence-electron chi connectivity index (χ4n) is 2.84. The number of H-pyrrole nitrogens is 1. The van der Waals surface area contributed by atoms with Crippen molar-refractivity contribution in [3.05, 3.63) is 71.7 Å². The summed E-state index contributed by atoms with van der Waals surface area (Å²) >= 11 is 0. The molecule has 0 atom stereocenters. The van der Waals surface area contributed by atoms with Gasteiger partial charge in [0.1, 0.15) is 17.3 Å². The second-order valence-electron chi connectivity index (χ2n) is 6.55. The zero-order valence-corrected chi connectivity index (χ0v) is 16.1. The number of hydrogen-bond donors (Lipinski definition) is 2. The first-order valence-electron chi connectivity index (χ1n) is 9.17. The van der Waals surface area contributed by atoms with Crippen LogP contribution in [0, 0.1) is 13.8 Å². The molecule has 0 bridgehead atoms. The molecule has 29 heavy (non-hydrogen) atoms. The maximum Gasteiger partial charge on any atom is 0.174 e. The van der Waals surface area contributed by atoms with E-state index in [1.807, 2.05) is 50.4 Å². The first-order chi connectivity index (χ1) is 14.2. The summed E-state index contributed by atoms with van der Waals surface area (Å²) in [6.45, 7) is 3.88. The Kier molecular flexibility index (Phi) is 5.37. The molecule has 0 amide bonds. The van der Waals surface area contributed by atoms with Gasteiger partial charge in [0.25, 0.3) is 0 Å². The highest BCUT2D eigenvalue weighted by atomic mass is 16.5. The molecule has 4 aromatic rings. The summed E-state index contributed by atoms with van der Waals surface area (Å²) in [7, 11) is 0. The molecule has 146 valence electrons. The minimum Gasteiger partial charge on any atom is -0.455 e. The van der Waals surface area contributed by atoms with Crippen LogP contribution in [0.1, 0.15) is 22.8 Å². The molecule has 2 N–H and O–H groups in total. The van der Waals surface area contributed by atoms with Crippen LogP contribution in [0.2, 0.25) is 0 Å². The Morgan fingerprint density at radius 2 is 2.00 bits per heavy atom. The van der Waals surface area contributed by atoms with E-state index in [-0.39, 0.29) is 0 Å². The van der Waals surface area contributed by atoms with E-state index >= 15 is 0 Å². The smallest absolute Gasteiger partial charge is 0.174 e. The van der Waals surface area contributed by atoms with Gasteiger partial charge in [-0.1, -0.05) is 5.21 Å². The van der Waals surface area contributed by atoms with Gasteiger partial charge in [0.2, 0.25) is 0 Å². The minimum atomic E-state index is 0.664. The third-order valence-corrected chi connectivity index (χ3v) is 4.23. The van der Waals surface area contributed by atoms with Gasteiger partial charge >= 0.3 is 0 Å². The molecular formula is C20H20N8O. The lowest BCUT2D eigenvalue weighted by Crippen LogP contribution is -1.98. The highest BCUT2D eigenvalue weighted by molar-refractivity contribution is 5.57. The molecule has 0 fully saturated rings. The van der Waals surface area contributed by atoms with Gasteiger partial charge in [-0.3, -0.25) is 9.97 Å². The monoisotopic (exact) mass is 388 g/mol. The number of anilines is 2. The van der Waals surface area contributed by atoms with Crippen LogP contribution in [0.15, 0.2) is 48.9 Å². The average molecular weight is 388 g/mol. The second-order valence-corrected chi connectivity index (χ2v) is 6.55. The van der Waals surface area contributed by atoms with E-state index in [1.54, 1.807) is 12.4 Å². The largest absolute Gasteiger partial charge is 0.455 e. The van der Waals surface area contributed by atoms with Gasteiger partial charge in [-0.25, -0.2) is 4.98 Å². The number of tetrazole rings is 1. The lowest BCUT2D eigenvalue weighted by atomic mass is 10.1. The Morgan fingerprint density at radius 3 is 2.83 bits per heavy atom. The van der Waals surface area contributed by atoms with Crippen molar-refractivity contribution < 1.29 is 4.74 Å². The summed E-state index contributed by atoms with van der Waals surface area (Å²) in [6, 6.07) is 9.52. The number of rotatable bonds is 7. The molecule has 0 saturated carbocycles. The fraction of sp³-hybridized carbons (Fsp3) is 0.200. The summed E-state index contributed by atoms with van der Waals surface area (Å²) in [4.78, 5) is 13.1. The summed E-state index contributed by atoms with van der Waals surface area (Å²) in [5.41, 5.74) is 3.70. The summed E-state index contributed by atoms with van der Waals surface area (Å²) in [5.74, 6) is 2.74. The normalized spacial score (nSPS) is 10.7. The first kappa shape index (κ1) is 18.5. The van der Waals surface area contributed by atoms with Crippen molar-refractivity contribution in [3.8, 4) is 11.5 Å². The van der Waals surface area contributed by atoms with Crippen molar-refractivity contribution in [1.29, 1.82) is 0 Å². The highest BCUT2D eigenvalue weighted by Gasteiger charge is 2.06. The standard InChI is InChI=1S/C20H20N8O/c1-13-3-5-18(14(2)23-13)29-17-7-8-22-20(10-17)24-16-9-15(11-21-12-16)4-6-19-25-27-28-26-19/h3,5,7-12H,4,6H2,1-2H3,(H,22,24)(H,25,26,27,28). The number of ether oxygens (including phenoxy) is 1. The molecule has 9 nitrogen and oxygen atoms in total. The van der Waals surface area contributed by atoms with Gasteiger partial charge in [-0.15, -0.1) is 10.2 Å². The van der Waals surface area contributed by atoms with Crippen molar-refractivity contribution >= 4 is 11.5 Å². The third kappa shape index (κ3) is 4.89. The maximum absolute atomic E-state index is 5.97. The van der Waals surface area contributed by atoms with Crippen LogP contribution in [-0.2, 0) is 12.8 Å². The lowest BCUT2D eigenvalue weighted by Gasteiger charge is -2.11. The summed E-state index contributed by atoms with van der Waals surface area (Å²) < 4.78 is 5.97. The number of nitrogens with zero attached hydrogens (tertiary/aromatic N) is 6. The molecular weight excluding hydrogens is 368 g/mol. The van der Waals surface area contributed by atoms with Gasteiger partial charge in [0.05, 0.1) is 17.6 Å². The number of aryl methyl sites for hydroxylation is 4. The van der Waals surface area contributed by atoms with Crippen LogP contribution < -0.4 is 10.1 Å². The van der Waals surface area contributed by atoms with Crippen LogP contribution in [0.25, 0.3) is 0 Å². The van der Waals surface area contributed by atoms with Gasteiger partial charge in [-0.05, 0) is 50.1 Å². The van der Waals surface area contributed by atoms with Gasteiger partial charge in [0, 0.05) is 30.6 Å². The lowest BCUT2D eigenvalue weighted by molar-refractivity contribution is 0.475. The van der Waals surface area contributed by atoms with E-state index in [0.29, 0.717) is 23.8 Å². The molecule has 0 radical (unpaired) electrons. The zero-order chi connectivity index (χ0) is 20.1. The van der Waals surface area contributed by atoms with E-state index < -0.39 is 0 Å². The van der Waals surface area contributed by atoms with E-state index in [4.69, 9.17) is 4.74 Å². The Hall–Kier alpha value is -3.88. The molecule has 0 spiro atoms. The van der Waals surface area contributed by atoms with Crippen molar-refractivity contribution in [3.63, 3.8) is 0 Å². The Labute approximate surface area is 167 Å². The predicted molar refractivity (Wildman–Crippen MR) is 107 cm³/mol. The Morgan fingerprint density at radius 1 is 1.07 bits per heavy atom. The van der Waals surface area contributed by atoms with Gasteiger partial charge in [-0.2, -0.15) is 5.21 Å². The molecule has 4 rings (SSSR count). The molecule has 0 unspecified atom stereocenters. The third-order valence-electron chi connectivity index (χ3n) is 4.23. The summed E-state index contributed by atoms with van der Waals surface area (Å²) in [6.07, 6.45) is 6.72. The molecule has 4 aromatic heterocycles.